The summed E-state index contributed by atoms with van der Waals surface area (Å²) in [6.45, 7) is 3.93. The van der Waals surface area contributed by atoms with Crippen LogP contribution in [0.15, 0.2) is 0 Å². The highest BCUT2D eigenvalue weighted by Crippen LogP contribution is 2.49. The molecule has 3 aliphatic rings. The predicted octanol–water partition coefficient (Wildman–Crippen LogP) is 2.22. The highest BCUT2D eigenvalue weighted by molar-refractivity contribution is 5.74. The maximum absolute atomic E-state index is 12.4. The summed E-state index contributed by atoms with van der Waals surface area (Å²) in [5.74, 6) is 2.74. The van der Waals surface area contributed by atoms with E-state index < -0.39 is 0 Å². The van der Waals surface area contributed by atoms with Gasteiger partial charge in [0, 0.05) is 25.7 Å². The number of hydrogen-bond donors (Lipinski definition) is 2. The maximum Gasteiger partial charge on any atom is 0.317 e. The van der Waals surface area contributed by atoms with Crippen molar-refractivity contribution in [1.29, 1.82) is 0 Å². The minimum absolute atomic E-state index is 0.0819. The zero-order chi connectivity index (χ0) is 14.1. The van der Waals surface area contributed by atoms with Crippen LogP contribution in [0.4, 0.5) is 4.79 Å². The first-order valence-corrected chi connectivity index (χ1v) is 8.33. The Kier molecular flexibility index (Phi) is 4.20. The molecule has 4 heteroatoms. The minimum atomic E-state index is 0.0819. The van der Waals surface area contributed by atoms with Crippen molar-refractivity contribution in [3.05, 3.63) is 0 Å². The molecular formula is C16H28N2O2. The molecule has 20 heavy (non-hydrogen) atoms. The molecule has 5 unspecified atom stereocenters. The normalized spacial score (nSPS) is 38.0. The fraction of sp³-hybridized carbons (Fsp3) is 0.938. The molecule has 1 aliphatic heterocycles. The largest absolute Gasteiger partial charge is 0.396 e. The van der Waals surface area contributed by atoms with Gasteiger partial charge >= 0.3 is 6.03 Å². The van der Waals surface area contributed by atoms with E-state index >= 15 is 0 Å². The van der Waals surface area contributed by atoms with Crippen LogP contribution in [-0.4, -0.2) is 41.8 Å². The van der Waals surface area contributed by atoms with Crippen LogP contribution in [0.3, 0.4) is 0 Å². The fourth-order valence-corrected chi connectivity index (χ4v) is 4.70. The molecular weight excluding hydrogens is 252 g/mol. The monoisotopic (exact) mass is 280 g/mol. The van der Waals surface area contributed by atoms with Gasteiger partial charge < -0.3 is 15.3 Å². The topological polar surface area (TPSA) is 52.6 Å². The van der Waals surface area contributed by atoms with Crippen molar-refractivity contribution in [3.8, 4) is 0 Å². The molecule has 3 fully saturated rings. The van der Waals surface area contributed by atoms with Gasteiger partial charge in [0.2, 0.25) is 0 Å². The second-order valence-electron chi connectivity index (χ2n) is 7.21. The van der Waals surface area contributed by atoms with Crippen LogP contribution in [0.1, 0.15) is 45.4 Å². The first kappa shape index (κ1) is 14.2. The smallest absolute Gasteiger partial charge is 0.317 e. The molecule has 1 heterocycles. The van der Waals surface area contributed by atoms with E-state index in [-0.39, 0.29) is 18.6 Å². The molecule has 5 atom stereocenters. The average Bonchev–Trinajstić information content (AvgIpc) is 3.10. The van der Waals surface area contributed by atoms with E-state index in [2.05, 4.69) is 12.2 Å². The van der Waals surface area contributed by atoms with Gasteiger partial charge in [-0.05, 0) is 62.7 Å². The second kappa shape index (κ2) is 5.92. The highest BCUT2D eigenvalue weighted by Gasteiger charge is 2.42. The van der Waals surface area contributed by atoms with Gasteiger partial charge in [0.15, 0.2) is 0 Å². The van der Waals surface area contributed by atoms with Crippen molar-refractivity contribution in [3.63, 3.8) is 0 Å². The first-order valence-electron chi connectivity index (χ1n) is 8.33. The van der Waals surface area contributed by atoms with Crippen LogP contribution in [0.5, 0.6) is 0 Å². The number of aliphatic hydroxyl groups is 1. The van der Waals surface area contributed by atoms with Crippen LogP contribution < -0.4 is 5.32 Å². The maximum atomic E-state index is 12.4. The van der Waals surface area contributed by atoms with E-state index in [1.165, 1.54) is 25.7 Å². The van der Waals surface area contributed by atoms with Crippen molar-refractivity contribution in [1.82, 2.24) is 10.2 Å². The van der Waals surface area contributed by atoms with Crippen LogP contribution >= 0.6 is 0 Å². The Hall–Kier alpha value is -0.770. The summed E-state index contributed by atoms with van der Waals surface area (Å²) in [6.07, 6.45) is 7.54. The molecule has 0 aromatic heterocycles. The summed E-state index contributed by atoms with van der Waals surface area (Å²) in [6, 6.07) is 0.380. The number of hydrogen-bond acceptors (Lipinski definition) is 2. The van der Waals surface area contributed by atoms with Crippen LogP contribution in [0.2, 0.25) is 0 Å². The van der Waals surface area contributed by atoms with Gasteiger partial charge in [-0.3, -0.25) is 0 Å². The molecule has 2 amide bonds. The Balaban J connectivity index is 1.50. The average molecular weight is 280 g/mol. The molecule has 0 aromatic carbocycles. The number of carbonyl (C=O) groups excluding carboxylic acids is 1. The van der Waals surface area contributed by atoms with Gasteiger partial charge in [-0.15, -0.1) is 0 Å². The molecule has 0 spiro atoms. The minimum Gasteiger partial charge on any atom is -0.396 e. The lowest BCUT2D eigenvalue weighted by molar-refractivity contribution is 0.125. The third-order valence-electron chi connectivity index (χ3n) is 5.85. The van der Waals surface area contributed by atoms with Gasteiger partial charge in [-0.1, -0.05) is 6.42 Å². The van der Waals surface area contributed by atoms with Gasteiger partial charge in [0.1, 0.15) is 0 Å². The third kappa shape index (κ3) is 2.80. The lowest BCUT2D eigenvalue weighted by Gasteiger charge is -2.35. The van der Waals surface area contributed by atoms with Crippen molar-refractivity contribution < 1.29 is 9.90 Å². The van der Waals surface area contributed by atoms with E-state index in [9.17, 15) is 9.90 Å². The Morgan fingerprint density at radius 3 is 2.85 bits per heavy atom. The number of likely N-dealkylation sites (tertiary alicyclic amines) is 1. The second-order valence-corrected chi connectivity index (χ2v) is 7.21. The Morgan fingerprint density at radius 2 is 2.20 bits per heavy atom. The number of nitrogens with one attached hydrogen (secondary N) is 1. The number of fused-ring (bicyclic) bond motifs is 2. The summed E-state index contributed by atoms with van der Waals surface area (Å²) in [4.78, 5) is 14.3. The van der Waals surface area contributed by atoms with Crippen molar-refractivity contribution in [2.24, 2.45) is 23.7 Å². The van der Waals surface area contributed by atoms with Crippen molar-refractivity contribution in [2.45, 2.75) is 51.5 Å². The van der Waals surface area contributed by atoms with Gasteiger partial charge in [-0.25, -0.2) is 4.79 Å². The number of nitrogens with zero attached hydrogens (tertiary/aromatic N) is 1. The van der Waals surface area contributed by atoms with Crippen LogP contribution in [0.25, 0.3) is 0 Å². The lowest BCUT2D eigenvalue weighted by Crippen LogP contribution is -2.50. The van der Waals surface area contributed by atoms with Gasteiger partial charge in [0.05, 0.1) is 0 Å². The van der Waals surface area contributed by atoms with E-state index in [1.54, 1.807) is 0 Å². The third-order valence-corrected chi connectivity index (χ3v) is 5.85. The summed E-state index contributed by atoms with van der Waals surface area (Å²) in [7, 11) is 0. The van der Waals surface area contributed by atoms with E-state index in [4.69, 9.17) is 0 Å². The summed E-state index contributed by atoms with van der Waals surface area (Å²) < 4.78 is 0. The Morgan fingerprint density at radius 1 is 1.35 bits per heavy atom. The van der Waals surface area contributed by atoms with Crippen LogP contribution in [0, 0.1) is 23.7 Å². The summed E-state index contributed by atoms with van der Waals surface area (Å²) in [5.41, 5.74) is 0. The summed E-state index contributed by atoms with van der Waals surface area (Å²) >= 11 is 0. The number of aliphatic hydroxyl groups excluding tert-OH is 1. The fourth-order valence-electron chi connectivity index (χ4n) is 4.70. The number of rotatable bonds is 3. The van der Waals surface area contributed by atoms with Gasteiger partial charge in [0.25, 0.3) is 0 Å². The van der Waals surface area contributed by atoms with E-state index in [1.807, 2.05) is 4.90 Å². The van der Waals surface area contributed by atoms with Gasteiger partial charge in [-0.2, -0.15) is 0 Å². The quantitative estimate of drug-likeness (QED) is 0.833. The zero-order valence-electron chi connectivity index (χ0n) is 12.6. The molecule has 2 N–H and O–H groups in total. The molecule has 114 valence electrons. The lowest BCUT2D eigenvalue weighted by atomic mass is 9.84. The van der Waals surface area contributed by atoms with Crippen molar-refractivity contribution in [2.75, 3.05) is 19.7 Å². The standard InChI is InChI=1S/C16H28N2O2/c1-11(15-8-12-4-5-14(15)7-12)17-16(20)18-6-2-3-13(9-18)10-19/h11-15,19H,2-10H2,1H3,(H,17,20). The molecule has 3 rings (SSSR count). The van der Waals surface area contributed by atoms with E-state index in [0.717, 1.165) is 31.2 Å². The molecule has 4 nitrogen and oxygen atoms in total. The Bertz CT molecular complexity index is 360. The number of urea groups is 1. The molecule has 2 bridgehead atoms. The van der Waals surface area contributed by atoms with Crippen molar-refractivity contribution >= 4 is 6.03 Å². The number of piperidine rings is 1. The molecule has 0 radical (unpaired) electrons. The highest BCUT2D eigenvalue weighted by atomic mass is 16.3. The SMILES string of the molecule is CC(NC(=O)N1CCCC(CO)C1)C1CC2CCC1C2. The number of carbonyl (C=O) groups is 1. The summed E-state index contributed by atoms with van der Waals surface area (Å²) in [5, 5.41) is 12.5. The number of amides is 2. The molecule has 0 aromatic rings. The zero-order valence-corrected chi connectivity index (χ0v) is 12.6. The molecule has 1 saturated heterocycles. The molecule has 2 aliphatic carbocycles. The predicted molar refractivity (Wildman–Crippen MR) is 78.3 cm³/mol. The van der Waals surface area contributed by atoms with E-state index in [0.29, 0.717) is 18.5 Å². The molecule has 2 saturated carbocycles. The van der Waals surface area contributed by atoms with Crippen LogP contribution in [-0.2, 0) is 0 Å². The first-order chi connectivity index (χ1) is 9.67. The Labute approximate surface area is 121 Å².